The molecule has 0 radical (unpaired) electrons. The van der Waals surface area contributed by atoms with Gasteiger partial charge in [0.1, 0.15) is 0 Å². The van der Waals surface area contributed by atoms with Crippen LogP contribution in [0.2, 0.25) is 0 Å². The first-order chi connectivity index (χ1) is 15.1. The summed E-state index contributed by atoms with van der Waals surface area (Å²) < 4.78 is 1.95. The van der Waals surface area contributed by atoms with Gasteiger partial charge in [-0.1, -0.05) is 18.2 Å². The molecule has 0 saturated heterocycles. The Morgan fingerprint density at radius 3 is 2.94 bits per heavy atom. The second-order valence-electron chi connectivity index (χ2n) is 8.05. The van der Waals surface area contributed by atoms with Crippen LogP contribution in [0.1, 0.15) is 35.8 Å². The molecule has 0 spiro atoms. The molecule has 0 fully saturated rings. The number of pyridine rings is 1. The van der Waals surface area contributed by atoms with Gasteiger partial charge in [-0.05, 0) is 43.0 Å². The lowest BCUT2D eigenvalue weighted by Crippen LogP contribution is -2.38. The van der Waals surface area contributed by atoms with E-state index in [0.29, 0.717) is 0 Å². The number of carbonyl (C=O) groups excluding carboxylic acids is 1. The summed E-state index contributed by atoms with van der Waals surface area (Å²) in [6, 6.07) is 12.2. The van der Waals surface area contributed by atoms with Crippen molar-refractivity contribution in [3.63, 3.8) is 0 Å². The second kappa shape index (κ2) is 9.75. The van der Waals surface area contributed by atoms with Crippen molar-refractivity contribution in [3.8, 4) is 0 Å². The average Bonchev–Trinajstić information content (AvgIpc) is 3.22. The highest BCUT2D eigenvalue weighted by molar-refractivity contribution is 5.97. The quantitative estimate of drug-likeness (QED) is 0.588. The molecule has 2 aromatic heterocycles. The molecule has 0 bridgehead atoms. The fourth-order valence-electron chi connectivity index (χ4n) is 4.11. The third-order valence-electron chi connectivity index (χ3n) is 5.79. The van der Waals surface area contributed by atoms with Crippen LogP contribution in [0.3, 0.4) is 0 Å². The molecular weight excluding hydrogens is 388 g/mol. The molecule has 1 unspecified atom stereocenters. The fraction of sp³-hybridized carbons (Fsp3) is 0.375. The van der Waals surface area contributed by atoms with Crippen LogP contribution < -0.4 is 15.5 Å². The van der Waals surface area contributed by atoms with E-state index in [1.54, 1.807) is 4.90 Å². The van der Waals surface area contributed by atoms with Crippen molar-refractivity contribution in [2.45, 2.75) is 31.7 Å². The van der Waals surface area contributed by atoms with Crippen LogP contribution in [0.4, 0.5) is 11.4 Å². The zero-order valence-electron chi connectivity index (χ0n) is 18.2. The molecule has 3 aromatic rings. The molecular formula is C24H30N6O. The van der Waals surface area contributed by atoms with Crippen LogP contribution in [0.25, 0.3) is 0 Å². The maximum Gasteiger partial charge on any atom is 0.240 e. The van der Waals surface area contributed by atoms with Crippen molar-refractivity contribution in [2.24, 2.45) is 7.05 Å². The van der Waals surface area contributed by atoms with Gasteiger partial charge >= 0.3 is 0 Å². The maximum atomic E-state index is 13.0. The van der Waals surface area contributed by atoms with Gasteiger partial charge in [-0.2, -0.15) is 0 Å². The number of carbonyl (C=O) groups is 1. The molecule has 7 nitrogen and oxygen atoms in total. The van der Waals surface area contributed by atoms with Gasteiger partial charge in [0.15, 0.2) is 0 Å². The SMILES string of the molecule is CN(C(=O)CNC1CCCc2cccnc21)c1ccccc1NCCc1cn(C)cn1. The van der Waals surface area contributed by atoms with Crippen LogP contribution in [-0.2, 0) is 24.7 Å². The van der Waals surface area contributed by atoms with Gasteiger partial charge in [0.25, 0.3) is 0 Å². The van der Waals surface area contributed by atoms with Crippen LogP contribution in [0.15, 0.2) is 55.1 Å². The van der Waals surface area contributed by atoms with Gasteiger partial charge in [-0.3, -0.25) is 9.78 Å². The van der Waals surface area contributed by atoms with Crippen molar-refractivity contribution >= 4 is 17.3 Å². The number of hydrogen-bond acceptors (Lipinski definition) is 5. The van der Waals surface area contributed by atoms with Crippen LogP contribution in [0.5, 0.6) is 0 Å². The van der Waals surface area contributed by atoms with Gasteiger partial charge in [0, 0.05) is 39.5 Å². The summed E-state index contributed by atoms with van der Waals surface area (Å²) >= 11 is 0. The third kappa shape index (κ3) is 5.11. The Hall–Kier alpha value is -3.19. The lowest BCUT2D eigenvalue weighted by Gasteiger charge is -2.26. The van der Waals surface area contributed by atoms with Crippen molar-refractivity contribution < 1.29 is 4.79 Å². The van der Waals surface area contributed by atoms with Crippen LogP contribution in [0, 0.1) is 0 Å². The minimum atomic E-state index is 0.0297. The van der Waals surface area contributed by atoms with E-state index in [0.717, 1.165) is 55.0 Å². The fourth-order valence-corrected chi connectivity index (χ4v) is 4.11. The normalized spacial score (nSPS) is 15.4. The molecule has 2 heterocycles. The number of aryl methyl sites for hydroxylation is 2. The number of imidazole rings is 1. The molecule has 1 amide bonds. The summed E-state index contributed by atoms with van der Waals surface area (Å²) in [5.74, 6) is 0.0297. The number of rotatable bonds is 8. The van der Waals surface area contributed by atoms with Gasteiger partial charge in [0.2, 0.25) is 5.91 Å². The van der Waals surface area contributed by atoms with Crippen molar-refractivity contribution in [3.05, 3.63) is 72.1 Å². The minimum absolute atomic E-state index is 0.0297. The Bertz CT molecular complexity index is 1030. The molecule has 0 aliphatic heterocycles. The van der Waals surface area contributed by atoms with Crippen LogP contribution >= 0.6 is 0 Å². The minimum Gasteiger partial charge on any atom is -0.383 e. The Morgan fingerprint density at radius 2 is 2.10 bits per heavy atom. The van der Waals surface area contributed by atoms with Gasteiger partial charge in [0.05, 0.1) is 41.7 Å². The van der Waals surface area contributed by atoms with E-state index < -0.39 is 0 Å². The molecule has 1 atom stereocenters. The monoisotopic (exact) mass is 418 g/mol. The highest BCUT2D eigenvalue weighted by atomic mass is 16.2. The Balaban J connectivity index is 1.35. The van der Waals surface area contributed by atoms with Crippen molar-refractivity contribution in [1.29, 1.82) is 0 Å². The molecule has 2 N–H and O–H groups in total. The Labute approximate surface area is 183 Å². The van der Waals surface area contributed by atoms with E-state index in [1.165, 1.54) is 5.56 Å². The van der Waals surface area contributed by atoms with Gasteiger partial charge in [-0.15, -0.1) is 0 Å². The predicted octanol–water partition coefficient (Wildman–Crippen LogP) is 3.10. The molecule has 162 valence electrons. The topological polar surface area (TPSA) is 75.1 Å². The average molecular weight is 419 g/mol. The van der Waals surface area contributed by atoms with Gasteiger partial charge in [-0.25, -0.2) is 4.98 Å². The number of amides is 1. The highest BCUT2D eigenvalue weighted by Gasteiger charge is 2.22. The highest BCUT2D eigenvalue weighted by Crippen LogP contribution is 2.28. The molecule has 1 aliphatic rings. The summed E-state index contributed by atoms with van der Waals surface area (Å²) in [6.07, 6.45) is 9.67. The Kier molecular flexibility index (Phi) is 6.62. The first kappa shape index (κ1) is 21.1. The molecule has 4 rings (SSSR count). The number of nitrogens with zero attached hydrogens (tertiary/aromatic N) is 4. The zero-order chi connectivity index (χ0) is 21.6. The lowest BCUT2D eigenvalue weighted by molar-refractivity contribution is -0.117. The number of fused-ring (bicyclic) bond motifs is 1. The summed E-state index contributed by atoms with van der Waals surface area (Å²) in [5, 5.41) is 6.88. The smallest absolute Gasteiger partial charge is 0.240 e. The van der Waals surface area contributed by atoms with E-state index in [4.69, 9.17) is 0 Å². The van der Waals surface area contributed by atoms with E-state index in [-0.39, 0.29) is 18.5 Å². The zero-order valence-corrected chi connectivity index (χ0v) is 18.2. The van der Waals surface area contributed by atoms with E-state index in [1.807, 2.05) is 67.7 Å². The summed E-state index contributed by atoms with van der Waals surface area (Å²) in [5.41, 5.74) is 5.23. The predicted molar refractivity (Wildman–Crippen MR) is 123 cm³/mol. The van der Waals surface area contributed by atoms with Gasteiger partial charge < -0.3 is 20.1 Å². The number of anilines is 2. The number of nitrogens with one attached hydrogen (secondary N) is 2. The van der Waals surface area contributed by atoms with Crippen LogP contribution in [-0.4, -0.2) is 40.6 Å². The molecule has 31 heavy (non-hydrogen) atoms. The number of aromatic nitrogens is 3. The summed E-state index contributed by atoms with van der Waals surface area (Å²) in [7, 11) is 3.80. The number of benzene rings is 1. The largest absolute Gasteiger partial charge is 0.383 e. The maximum absolute atomic E-state index is 13.0. The first-order valence-electron chi connectivity index (χ1n) is 10.9. The third-order valence-corrected chi connectivity index (χ3v) is 5.79. The standard InChI is InChI=1S/C24H30N6O/c1-29-16-19(28-17-29)12-14-25-20-9-3-4-11-22(20)30(2)23(31)15-27-21-10-5-7-18-8-6-13-26-24(18)21/h3-4,6,8-9,11,13,16-17,21,25,27H,5,7,10,12,14-15H2,1-2H3. The lowest BCUT2D eigenvalue weighted by atomic mass is 9.92. The second-order valence-corrected chi connectivity index (χ2v) is 8.05. The van der Waals surface area contributed by atoms with Crippen molar-refractivity contribution in [2.75, 3.05) is 30.4 Å². The molecule has 0 saturated carbocycles. The van der Waals surface area contributed by atoms with E-state index >= 15 is 0 Å². The summed E-state index contributed by atoms with van der Waals surface area (Å²) in [4.78, 5) is 23.6. The van der Waals surface area contributed by atoms with E-state index in [2.05, 4.69) is 26.7 Å². The number of hydrogen-bond donors (Lipinski definition) is 2. The molecule has 1 aromatic carbocycles. The van der Waals surface area contributed by atoms with Crippen molar-refractivity contribution in [1.82, 2.24) is 19.9 Å². The Morgan fingerprint density at radius 1 is 1.23 bits per heavy atom. The first-order valence-corrected chi connectivity index (χ1v) is 10.9. The number of para-hydroxylation sites is 2. The summed E-state index contributed by atoms with van der Waals surface area (Å²) in [6.45, 7) is 1.03. The molecule has 1 aliphatic carbocycles. The van der Waals surface area contributed by atoms with E-state index in [9.17, 15) is 4.79 Å². The molecule has 7 heteroatoms. The number of likely N-dealkylation sites (N-methyl/N-ethyl adjacent to an activating group) is 1.